The minimum atomic E-state index is -0.797. The number of rotatable bonds is 5. The molecule has 0 aliphatic carbocycles. The predicted molar refractivity (Wildman–Crippen MR) is 121 cm³/mol. The first-order valence-corrected chi connectivity index (χ1v) is 10.7. The summed E-state index contributed by atoms with van der Waals surface area (Å²) in [5, 5.41) is 5.54. The second-order valence-electron chi connectivity index (χ2n) is 8.03. The zero-order valence-corrected chi connectivity index (χ0v) is 19.4. The summed E-state index contributed by atoms with van der Waals surface area (Å²) in [5.41, 5.74) is 0. The number of likely N-dealkylation sites (N-methyl/N-ethyl adjacent to an activating group) is 2. The van der Waals surface area contributed by atoms with Crippen molar-refractivity contribution in [3.8, 4) is 0 Å². The van der Waals surface area contributed by atoms with E-state index in [0.29, 0.717) is 19.4 Å². The Morgan fingerprint density at radius 3 is 2.32 bits per heavy atom. The van der Waals surface area contributed by atoms with Crippen LogP contribution in [-0.2, 0) is 19.2 Å². The Hall–Kier alpha value is -2.90. The van der Waals surface area contributed by atoms with Crippen molar-refractivity contribution in [3.63, 3.8) is 0 Å². The van der Waals surface area contributed by atoms with Gasteiger partial charge in [-0.3, -0.25) is 19.2 Å². The van der Waals surface area contributed by atoms with Crippen LogP contribution in [0.2, 0.25) is 0 Å². The number of hydrogen-bond acceptors (Lipinski definition) is 4. The van der Waals surface area contributed by atoms with E-state index in [1.807, 2.05) is 32.9 Å². The third-order valence-electron chi connectivity index (χ3n) is 5.31. The Morgan fingerprint density at radius 1 is 1.06 bits per heavy atom. The zero-order chi connectivity index (χ0) is 23.6. The first kappa shape index (κ1) is 26.1. The van der Waals surface area contributed by atoms with Gasteiger partial charge in [0.15, 0.2) is 0 Å². The molecular weight excluding hydrogens is 396 g/mol. The third kappa shape index (κ3) is 7.70. The van der Waals surface area contributed by atoms with E-state index in [1.54, 1.807) is 39.2 Å². The number of nitrogens with zero attached hydrogens (tertiary/aromatic N) is 2. The van der Waals surface area contributed by atoms with Crippen molar-refractivity contribution >= 4 is 23.6 Å². The van der Waals surface area contributed by atoms with Gasteiger partial charge in [0, 0.05) is 26.7 Å². The number of carbonyl (C=O) groups is 4. The van der Waals surface area contributed by atoms with E-state index in [-0.39, 0.29) is 23.6 Å². The van der Waals surface area contributed by atoms with Crippen molar-refractivity contribution in [3.05, 3.63) is 36.5 Å². The number of carbonyl (C=O) groups excluding carboxylic acids is 4. The second-order valence-corrected chi connectivity index (χ2v) is 8.03. The van der Waals surface area contributed by atoms with Crippen LogP contribution in [0.1, 0.15) is 40.5 Å². The van der Waals surface area contributed by atoms with Gasteiger partial charge in [0.1, 0.15) is 18.1 Å². The highest BCUT2D eigenvalue weighted by Crippen LogP contribution is 2.17. The van der Waals surface area contributed by atoms with Crippen LogP contribution in [0.15, 0.2) is 36.5 Å². The summed E-state index contributed by atoms with van der Waals surface area (Å²) in [7, 11) is 3.14. The van der Waals surface area contributed by atoms with Gasteiger partial charge in [0.2, 0.25) is 23.6 Å². The molecule has 0 aromatic rings. The van der Waals surface area contributed by atoms with Gasteiger partial charge in [-0.25, -0.2) is 0 Å². The Morgan fingerprint density at radius 2 is 1.71 bits per heavy atom. The summed E-state index contributed by atoms with van der Waals surface area (Å²) in [6.45, 7) is 7.61. The van der Waals surface area contributed by atoms with Gasteiger partial charge in [-0.2, -0.15) is 0 Å². The monoisotopic (exact) mass is 432 g/mol. The van der Waals surface area contributed by atoms with Gasteiger partial charge in [0.05, 0.1) is 0 Å². The number of allylic oxidation sites excluding steroid dienone is 5. The minimum Gasteiger partial charge on any atom is -0.354 e. The normalized spacial score (nSPS) is 24.7. The van der Waals surface area contributed by atoms with Gasteiger partial charge in [0.25, 0.3) is 0 Å². The molecule has 4 amide bonds. The highest BCUT2D eigenvalue weighted by Gasteiger charge is 2.37. The molecule has 1 fully saturated rings. The van der Waals surface area contributed by atoms with Gasteiger partial charge in [-0.1, -0.05) is 44.2 Å². The molecule has 0 aromatic heterocycles. The third-order valence-corrected chi connectivity index (χ3v) is 5.31. The maximum absolute atomic E-state index is 13.2. The lowest BCUT2D eigenvalue weighted by Crippen LogP contribution is -2.59. The molecule has 31 heavy (non-hydrogen) atoms. The predicted octanol–water partition coefficient (Wildman–Crippen LogP) is 1.40. The summed E-state index contributed by atoms with van der Waals surface area (Å²) in [6, 6.07) is -2.19. The van der Waals surface area contributed by atoms with Crippen molar-refractivity contribution in [2.24, 2.45) is 5.92 Å². The van der Waals surface area contributed by atoms with Crippen LogP contribution in [-0.4, -0.2) is 72.2 Å². The van der Waals surface area contributed by atoms with Crippen LogP contribution in [0.5, 0.6) is 0 Å². The lowest BCUT2D eigenvalue weighted by Gasteiger charge is -2.37. The average Bonchev–Trinajstić information content (AvgIpc) is 2.72. The molecule has 8 nitrogen and oxygen atoms in total. The van der Waals surface area contributed by atoms with Gasteiger partial charge >= 0.3 is 0 Å². The molecule has 0 saturated carbocycles. The number of amides is 4. The first-order valence-electron chi connectivity index (χ1n) is 10.7. The van der Waals surface area contributed by atoms with E-state index >= 15 is 0 Å². The van der Waals surface area contributed by atoms with E-state index in [1.165, 1.54) is 15.9 Å². The Balaban J connectivity index is 3.11. The van der Waals surface area contributed by atoms with Crippen molar-refractivity contribution in [2.75, 3.05) is 20.6 Å². The molecular formula is C23H36N4O4. The fourth-order valence-corrected chi connectivity index (χ4v) is 3.38. The lowest BCUT2D eigenvalue weighted by molar-refractivity contribution is -0.150. The van der Waals surface area contributed by atoms with Crippen molar-refractivity contribution in [1.82, 2.24) is 20.4 Å². The van der Waals surface area contributed by atoms with E-state index in [0.717, 1.165) is 0 Å². The molecule has 0 aromatic carbocycles. The van der Waals surface area contributed by atoms with Crippen LogP contribution in [0, 0.1) is 5.92 Å². The molecule has 0 spiro atoms. The zero-order valence-electron chi connectivity index (χ0n) is 19.4. The van der Waals surface area contributed by atoms with Crippen LogP contribution in [0.3, 0.4) is 0 Å². The SMILES string of the molecule is C\C=C/C=C/C=C/C(=O)N[C@H]1CCCNC(=O)[C@H](C)N(C)C(=O)[C@H](C(C)C)N(C)C1=O. The molecule has 172 valence electrons. The van der Waals surface area contributed by atoms with Crippen molar-refractivity contribution in [1.29, 1.82) is 0 Å². The van der Waals surface area contributed by atoms with Crippen LogP contribution >= 0.6 is 0 Å². The number of hydrogen-bond donors (Lipinski definition) is 2. The summed E-state index contributed by atoms with van der Waals surface area (Å²) in [4.78, 5) is 53.8. The Labute approximate surface area is 185 Å². The molecule has 0 bridgehead atoms. The maximum atomic E-state index is 13.2. The standard InChI is InChI=1S/C23H36N4O4/c1-7-8-9-10-11-14-19(28)25-18-13-12-15-24-21(29)17(4)26(5)23(31)20(16(2)3)27(6)22(18)30/h7-11,14,16-18,20H,12-13,15H2,1-6H3,(H,24,29)(H,25,28)/b8-7-,10-9+,14-11+/t17-,18-,20-/m0/s1. The van der Waals surface area contributed by atoms with Crippen molar-refractivity contribution in [2.45, 2.75) is 58.7 Å². The second kappa shape index (κ2) is 12.7. The van der Waals surface area contributed by atoms with E-state index in [4.69, 9.17) is 0 Å². The largest absolute Gasteiger partial charge is 0.354 e. The van der Waals surface area contributed by atoms with E-state index in [2.05, 4.69) is 10.6 Å². The van der Waals surface area contributed by atoms with Crippen LogP contribution in [0.25, 0.3) is 0 Å². The number of nitrogens with one attached hydrogen (secondary N) is 2. The van der Waals surface area contributed by atoms with E-state index in [9.17, 15) is 19.2 Å². The Kier molecular flexibility index (Phi) is 10.7. The summed E-state index contributed by atoms with van der Waals surface area (Å²) >= 11 is 0. The molecule has 0 unspecified atom stereocenters. The average molecular weight is 433 g/mol. The molecule has 1 rings (SSSR count). The van der Waals surface area contributed by atoms with Gasteiger partial charge in [-0.05, 0) is 32.6 Å². The van der Waals surface area contributed by atoms with Gasteiger partial charge < -0.3 is 20.4 Å². The highest BCUT2D eigenvalue weighted by molar-refractivity contribution is 5.96. The molecule has 1 aliphatic heterocycles. The minimum absolute atomic E-state index is 0.171. The van der Waals surface area contributed by atoms with Gasteiger partial charge in [-0.15, -0.1) is 0 Å². The highest BCUT2D eigenvalue weighted by atomic mass is 16.2. The topological polar surface area (TPSA) is 98.8 Å². The summed E-state index contributed by atoms with van der Waals surface area (Å²) in [5.74, 6) is -1.45. The smallest absolute Gasteiger partial charge is 0.246 e. The molecule has 2 N–H and O–H groups in total. The van der Waals surface area contributed by atoms with Crippen LogP contribution in [0.4, 0.5) is 0 Å². The van der Waals surface area contributed by atoms with Crippen molar-refractivity contribution < 1.29 is 19.2 Å². The summed E-state index contributed by atoms with van der Waals surface area (Å²) < 4.78 is 0. The lowest BCUT2D eigenvalue weighted by atomic mass is 9.98. The Bertz CT molecular complexity index is 742. The van der Waals surface area contributed by atoms with E-state index < -0.39 is 24.0 Å². The molecule has 1 aliphatic rings. The maximum Gasteiger partial charge on any atom is 0.246 e. The first-order chi connectivity index (χ1) is 14.6. The molecule has 1 heterocycles. The molecule has 0 radical (unpaired) electrons. The fourth-order valence-electron chi connectivity index (χ4n) is 3.38. The molecule has 8 heteroatoms. The molecule has 1 saturated heterocycles. The quantitative estimate of drug-likeness (QED) is 0.507. The molecule has 3 atom stereocenters. The summed E-state index contributed by atoms with van der Waals surface area (Å²) in [6.07, 6.45) is 11.0. The van der Waals surface area contributed by atoms with Crippen LogP contribution < -0.4 is 10.6 Å². The fraction of sp³-hybridized carbons (Fsp3) is 0.565.